The molecule has 2 bridgehead atoms. The summed E-state index contributed by atoms with van der Waals surface area (Å²) >= 11 is 0. The summed E-state index contributed by atoms with van der Waals surface area (Å²) in [5.74, 6) is 0.364. The molecule has 1 N–H and O–H groups in total. The van der Waals surface area contributed by atoms with E-state index in [1.807, 2.05) is 30.3 Å². The number of anilines is 1. The fourth-order valence-electron chi connectivity index (χ4n) is 7.48. The Morgan fingerprint density at radius 3 is 2.75 bits per heavy atom. The van der Waals surface area contributed by atoms with Crippen molar-refractivity contribution >= 4 is 11.6 Å². The van der Waals surface area contributed by atoms with Gasteiger partial charge in [-0.1, -0.05) is 43.4 Å². The smallest absolute Gasteiger partial charge is 0.251 e. The van der Waals surface area contributed by atoms with Gasteiger partial charge in [0.05, 0.1) is 11.2 Å². The topological polar surface area (TPSA) is 41.6 Å². The lowest BCUT2D eigenvalue weighted by molar-refractivity contribution is -0.137. The van der Waals surface area contributed by atoms with Gasteiger partial charge >= 0.3 is 0 Å². The molecule has 168 valence electrons. The monoisotopic (exact) mass is 430 g/mol. The highest BCUT2D eigenvalue weighted by Gasteiger charge is 2.65. The molecule has 1 aromatic carbocycles. The summed E-state index contributed by atoms with van der Waals surface area (Å²) in [7, 11) is 4.40. The maximum absolute atomic E-state index is 13.3. The Bertz CT molecular complexity index is 1050. The van der Waals surface area contributed by atoms with Crippen LogP contribution in [0, 0.1) is 11.3 Å². The molecule has 2 spiro atoms. The van der Waals surface area contributed by atoms with E-state index in [0.717, 1.165) is 49.8 Å². The highest BCUT2D eigenvalue weighted by Crippen LogP contribution is 2.66. The molecule has 1 amide bonds. The highest BCUT2D eigenvalue weighted by atomic mass is 16.5. The molecule has 3 aliphatic carbocycles. The molecule has 0 radical (unpaired) electrons. The van der Waals surface area contributed by atoms with Crippen LogP contribution < -0.4 is 5.32 Å². The first-order valence-electron chi connectivity index (χ1n) is 12.2. The van der Waals surface area contributed by atoms with Crippen LogP contribution in [0.4, 0.5) is 5.69 Å². The van der Waals surface area contributed by atoms with Crippen molar-refractivity contribution < 1.29 is 9.53 Å². The average Bonchev–Trinajstić information content (AvgIpc) is 3.29. The lowest BCUT2D eigenvalue weighted by atomic mass is 9.59. The summed E-state index contributed by atoms with van der Waals surface area (Å²) in [5.41, 5.74) is 4.18. The second-order valence-corrected chi connectivity index (χ2v) is 11.0. The SMILES string of the molecule is CN(C)[C@H]1CCC2=CC3=CC[C@]4(C)C(C(=O)Nc5ccccc5)=CC[C@H]4[C@@]34CCC2(C1)O4. The van der Waals surface area contributed by atoms with Gasteiger partial charge in [0.2, 0.25) is 0 Å². The zero-order valence-corrected chi connectivity index (χ0v) is 19.5. The Labute approximate surface area is 191 Å². The molecule has 4 nitrogen and oxygen atoms in total. The summed E-state index contributed by atoms with van der Waals surface area (Å²) in [5, 5.41) is 3.13. The van der Waals surface area contributed by atoms with Crippen molar-refractivity contribution in [2.24, 2.45) is 11.3 Å². The second kappa shape index (κ2) is 6.91. The van der Waals surface area contributed by atoms with Gasteiger partial charge in [-0.05, 0) is 82.3 Å². The number of fused-ring (bicyclic) bond motifs is 1. The van der Waals surface area contributed by atoms with Crippen molar-refractivity contribution in [2.45, 2.75) is 69.1 Å². The van der Waals surface area contributed by atoms with Crippen LogP contribution in [0.5, 0.6) is 0 Å². The molecule has 6 rings (SSSR count). The van der Waals surface area contributed by atoms with Crippen LogP contribution in [0.3, 0.4) is 0 Å². The molecule has 1 saturated carbocycles. The van der Waals surface area contributed by atoms with Gasteiger partial charge in [-0.25, -0.2) is 0 Å². The standard InChI is InChI=1S/C28H34N2O2/c1-26-14-13-20-17-19-9-10-22(30(2)3)18-27(19)15-16-28(20,32-27)24(26)12-11-23(26)25(31)29-21-7-5-4-6-8-21/h4-8,11,13,17,22,24H,9-10,12,14-16,18H2,1-3H3,(H,29,31)/t22-,24+,26+,27?,28+/m0/s1. The third-order valence-corrected chi connectivity index (χ3v) is 9.25. The van der Waals surface area contributed by atoms with Gasteiger partial charge in [0.15, 0.2) is 0 Å². The Morgan fingerprint density at radius 1 is 1.16 bits per heavy atom. The van der Waals surface area contributed by atoms with Crippen molar-refractivity contribution in [2.75, 3.05) is 19.4 Å². The predicted molar refractivity (Wildman–Crippen MR) is 127 cm³/mol. The second-order valence-electron chi connectivity index (χ2n) is 11.0. The van der Waals surface area contributed by atoms with Gasteiger partial charge in [-0.2, -0.15) is 0 Å². The van der Waals surface area contributed by atoms with E-state index in [-0.39, 0.29) is 22.5 Å². The minimum absolute atomic E-state index is 0.0412. The number of amides is 1. The maximum atomic E-state index is 13.3. The highest BCUT2D eigenvalue weighted by molar-refractivity contribution is 6.05. The van der Waals surface area contributed by atoms with Gasteiger partial charge in [0.25, 0.3) is 5.91 Å². The first kappa shape index (κ1) is 20.4. The number of allylic oxidation sites excluding steroid dienone is 2. The fourth-order valence-corrected chi connectivity index (χ4v) is 7.48. The van der Waals surface area contributed by atoms with E-state index in [2.05, 4.69) is 49.5 Å². The number of carbonyl (C=O) groups is 1. The van der Waals surface area contributed by atoms with Crippen molar-refractivity contribution in [1.29, 1.82) is 0 Å². The van der Waals surface area contributed by atoms with Crippen LogP contribution in [-0.2, 0) is 9.53 Å². The van der Waals surface area contributed by atoms with Crippen molar-refractivity contribution in [3.05, 3.63) is 65.3 Å². The molecule has 1 unspecified atom stereocenters. The molecule has 2 fully saturated rings. The molecule has 1 aromatic rings. The van der Waals surface area contributed by atoms with E-state index in [9.17, 15) is 4.79 Å². The Hall–Kier alpha value is -2.17. The first-order chi connectivity index (χ1) is 15.4. The zero-order chi connectivity index (χ0) is 22.1. The van der Waals surface area contributed by atoms with Crippen LogP contribution in [0.25, 0.3) is 0 Å². The van der Waals surface area contributed by atoms with E-state index in [4.69, 9.17) is 4.74 Å². The first-order valence-corrected chi connectivity index (χ1v) is 12.2. The molecule has 32 heavy (non-hydrogen) atoms. The summed E-state index contributed by atoms with van der Waals surface area (Å²) in [6.07, 6.45) is 14.6. The number of ether oxygens (including phenoxy) is 1. The van der Waals surface area contributed by atoms with Crippen LogP contribution in [0.15, 0.2) is 65.3 Å². The van der Waals surface area contributed by atoms with Crippen molar-refractivity contribution in [1.82, 2.24) is 4.90 Å². The lowest BCUT2D eigenvalue weighted by Crippen LogP contribution is -2.55. The number of nitrogens with one attached hydrogen (secondary N) is 1. The minimum Gasteiger partial charge on any atom is -0.359 e. The van der Waals surface area contributed by atoms with Gasteiger partial charge in [-0.15, -0.1) is 0 Å². The van der Waals surface area contributed by atoms with E-state index < -0.39 is 0 Å². The van der Waals surface area contributed by atoms with Gasteiger partial charge < -0.3 is 15.0 Å². The zero-order valence-electron chi connectivity index (χ0n) is 19.5. The van der Waals surface area contributed by atoms with Crippen LogP contribution in [0.2, 0.25) is 0 Å². The number of rotatable bonds is 3. The maximum Gasteiger partial charge on any atom is 0.251 e. The van der Waals surface area contributed by atoms with Crippen LogP contribution >= 0.6 is 0 Å². The fraction of sp³-hybridized carbons (Fsp3) is 0.536. The van der Waals surface area contributed by atoms with Gasteiger partial charge in [0, 0.05) is 28.6 Å². The van der Waals surface area contributed by atoms with E-state index in [1.54, 1.807) is 0 Å². The Kier molecular flexibility index (Phi) is 4.42. The quantitative estimate of drug-likeness (QED) is 0.712. The summed E-state index contributed by atoms with van der Waals surface area (Å²) in [6, 6.07) is 10.4. The van der Waals surface area contributed by atoms with E-state index in [0.29, 0.717) is 12.0 Å². The minimum atomic E-state index is -0.240. The van der Waals surface area contributed by atoms with Crippen LogP contribution in [0.1, 0.15) is 51.9 Å². The molecule has 2 aliphatic heterocycles. The number of para-hydroxylation sites is 1. The molecule has 0 aromatic heterocycles. The third-order valence-electron chi connectivity index (χ3n) is 9.25. The summed E-state index contributed by atoms with van der Waals surface area (Å²) in [4.78, 5) is 15.7. The summed E-state index contributed by atoms with van der Waals surface area (Å²) in [6.45, 7) is 2.29. The molecule has 4 heteroatoms. The largest absolute Gasteiger partial charge is 0.359 e. The number of hydrogen-bond acceptors (Lipinski definition) is 3. The Morgan fingerprint density at radius 2 is 1.97 bits per heavy atom. The molecule has 5 aliphatic rings. The number of benzene rings is 1. The summed E-state index contributed by atoms with van der Waals surface area (Å²) < 4.78 is 7.26. The van der Waals surface area contributed by atoms with E-state index in [1.165, 1.54) is 17.6 Å². The van der Waals surface area contributed by atoms with Gasteiger partial charge in [0.1, 0.15) is 0 Å². The average molecular weight is 431 g/mol. The van der Waals surface area contributed by atoms with Crippen LogP contribution in [-0.4, -0.2) is 42.1 Å². The predicted octanol–water partition coefficient (Wildman–Crippen LogP) is 5.25. The third kappa shape index (κ3) is 2.72. The van der Waals surface area contributed by atoms with Gasteiger partial charge in [-0.3, -0.25) is 4.79 Å². The van der Waals surface area contributed by atoms with Crippen molar-refractivity contribution in [3.8, 4) is 0 Å². The number of hydrogen-bond donors (Lipinski definition) is 1. The molecular weight excluding hydrogens is 396 g/mol. The van der Waals surface area contributed by atoms with Crippen molar-refractivity contribution in [3.63, 3.8) is 0 Å². The number of nitrogens with zero attached hydrogens (tertiary/aromatic N) is 1. The number of carbonyl (C=O) groups excluding carboxylic acids is 1. The molecule has 5 atom stereocenters. The lowest BCUT2D eigenvalue weighted by Gasteiger charge is -2.54. The van der Waals surface area contributed by atoms with E-state index >= 15 is 0 Å². The molecule has 2 heterocycles. The molecular formula is C28H34N2O2. The Balaban J connectivity index is 1.32. The normalized spacial score (nSPS) is 39.4. The molecule has 1 saturated heterocycles.